The zero-order chi connectivity index (χ0) is 15.5. The van der Waals surface area contributed by atoms with Crippen molar-refractivity contribution >= 4 is 10.9 Å². The van der Waals surface area contributed by atoms with E-state index >= 15 is 0 Å². The zero-order valence-corrected chi connectivity index (χ0v) is 13.5. The molecule has 2 rings (SSSR count). The summed E-state index contributed by atoms with van der Waals surface area (Å²) < 4.78 is 0. The molecule has 0 saturated carbocycles. The first kappa shape index (κ1) is 15.9. The number of likely N-dealkylation sites (N-methyl/N-ethyl adjacent to an activating group) is 1. The number of benzene rings is 1. The topological polar surface area (TPSA) is 36.4 Å². The molecule has 114 valence electrons. The molecule has 0 fully saturated rings. The van der Waals surface area contributed by atoms with Gasteiger partial charge in [-0.2, -0.15) is 0 Å². The van der Waals surface area contributed by atoms with Crippen LogP contribution in [0.3, 0.4) is 0 Å². The number of rotatable bonds is 6. The number of hydrogen-bond donors (Lipinski definition) is 1. The molecule has 2 aromatic rings. The van der Waals surface area contributed by atoms with Crippen LogP contribution in [0.25, 0.3) is 10.9 Å². The van der Waals surface area contributed by atoms with Gasteiger partial charge in [0.25, 0.3) is 0 Å². The average molecular weight is 286 g/mol. The Hall–Kier alpha value is -1.45. The summed E-state index contributed by atoms with van der Waals surface area (Å²) in [6.07, 6.45) is 2.16. The van der Waals surface area contributed by atoms with Gasteiger partial charge in [0.1, 0.15) is 0 Å². The molecule has 1 aromatic heterocycles. The van der Waals surface area contributed by atoms with E-state index < -0.39 is 6.10 Å². The van der Waals surface area contributed by atoms with Gasteiger partial charge in [0.2, 0.25) is 0 Å². The number of hydrogen-bond acceptors (Lipinski definition) is 3. The van der Waals surface area contributed by atoms with Crippen molar-refractivity contribution in [1.29, 1.82) is 0 Å². The van der Waals surface area contributed by atoms with Crippen LogP contribution in [0.4, 0.5) is 0 Å². The van der Waals surface area contributed by atoms with Gasteiger partial charge in [0.05, 0.1) is 11.6 Å². The Kier molecular flexibility index (Phi) is 4.96. The summed E-state index contributed by atoms with van der Waals surface area (Å²) in [4.78, 5) is 6.73. The molecule has 2 atom stereocenters. The lowest BCUT2D eigenvalue weighted by Gasteiger charge is -2.43. The molecule has 0 saturated heterocycles. The number of aromatic nitrogens is 1. The third kappa shape index (κ3) is 2.81. The van der Waals surface area contributed by atoms with Crippen LogP contribution in [-0.4, -0.2) is 33.6 Å². The number of aliphatic hydroxyl groups excluding tert-OH is 1. The molecule has 3 heteroatoms. The molecular weight excluding hydrogens is 260 g/mol. The van der Waals surface area contributed by atoms with Gasteiger partial charge in [0.15, 0.2) is 0 Å². The molecule has 0 amide bonds. The summed E-state index contributed by atoms with van der Waals surface area (Å²) in [5.41, 5.74) is 1.64. The van der Waals surface area contributed by atoms with E-state index in [0.29, 0.717) is 0 Å². The minimum atomic E-state index is -0.532. The molecule has 0 radical (unpaired) electrons. The number of pyridine rings is 1. The molecule has 1 N–H and O–H groups in total. The van der Waals surface area contributed by atoms with Crippen molar-refractivity contribution < 1.29 is 5.11 Å². The molecular formula is C18H26N2O. The van der Waals surface area contributed by atoms with Crippen LogP contribution in [0, 0.1) is 0 Å². The summed E-state index contributed by atoms with van der Waals surface area (Å²) in [5.74, 6) is 0. The highest BCUT2D eigenvalue weighted by Gasteiger charge is 2.37. The standard InChI is InChI=1S/C18H26N2O/c1-5-18(4,20(6-2)7-3)17(21)15-10-8-12-16-14(15)11-9-13-19-16/h8-13,17,21H,5-7H2,1-4H3. The molecule has 3 nitrogen and oxygen atoms in total. The highest BCUT2D eigenvalue weighted by Crippen LogP contribution is 2.36. The summed E-state index contributed by atoms with van der Waals surface area (Å²) in [6.45, 7) is 10.5. The first-order valence-corrected chi connectivity index (χ1v) is 7.85. The lowest BCUT2D eigenvalue weighted by Crippen LogP contribution is -2.50. The number of aliphatic hydroxyl groups is 1. The van der Waals surface area contributed by atoms with Crippen LogP contribution >= 0.6 is 0 Å². The van der Waals surface area contributed by atoms with E-state index in [-0.39, 0.29) is 5.54 Å². The Morgan fingerprint density at radius 2 is 1.86 bits per heavy atom. The second kappa shape index (κ2) is 6.54. The third-order valence-electron chi connectivity index (χ3n) is 4.76. The van der Waals surface area contributed by atoms with Gasteiger partial charge in [-0.3, -0.25) is 9.88 Å². The molecule has 1 heterocycles. The van der Waals surface area contributed by atoms with Crippen LogP contribution in [0.2, 0.25) is 0 Å². The third-order valence-corrected chi connectivity index (χ3v) is 4.76. The van der Waals surface area contributed by atoms with E-state index in [1.807, 2.05) is 30.3 Å². The van der Waals surface area contributed by atoms with Crippen LogP contribution in [0.5, 0.6) is 0 Å². The van der Waals surface area contributed by atoms with E-state index in [9.17, 15) is 5.11 Å². The van der Waals surface area contributed by atoms with Gasteiger partial charge >= 0.3 is 0 Å². The second-order valence-electron chi connectivity index (χ2n) is 5.70. The molecule has 21 heavy (non-hydrogen) atoms. The van der Waals surface area contributed by atoms with Gasteiger partial charge in [-0.25, -0.2) is 0 Å². The van der Waals surface area contributed by atoms with E-state index in [1.165, 1.54) is 0 Å². The maximum Gasteiger partial charge on any atom is 0.0977 e. The average Bonchev–Trinajstić information content (AvgIpc) is 2.54. The van der Waals surface area contributed by atoms with E-state index in [4.69, 9.17) is 0 Å². The fraction of sp³-hybridized carbons (Fsp3) is 0.500. The van der Waals surface area contributed by atoms with Crippen molar-refractivity contribution in [3.63, 3.8) is 0 Å². The fourth-order valence-corrected chi connectivity index (χ4v) is 3.24. The first-order valence-electron chi connectivity index (χ1n) is 7.85. The van der Waals surface area contributed by atoms with Crippen molar-refractivity contribution in [2.24, 2.45) is 0 Å². The van der Waals surface area contributed by atoms with Crippen molar-refractivity contribution in [2.75, 3.05) is 13.1 Å². The predicted octanol–water partition coefficient (Wildman–Crippen LogP) is 3.78. The van der Waals surface area contributed by atoms with Gasteiger partial charge in [-0.05, 0) is 44.1 Å². The molecule has 1 aromatic carbocycles. The fourth-order valence-electron chi connectivity index (χ4n) is 3.24. The lowest BCUT2D eigenvalue weighted by molar-refractivity contribution is -0.0206. The van der Waals surface area contributed by atoms with E-state index in [2.05, 4.69) is 37.6 Å². The SMILES string of the molecule is CCN(CC)C(C)(CC)C(O)c1cccc2ncccc12. The molecule has 0 spiro atoms. The maximum atomic E-state index is 11.1. The van der Waals surface area contributed by atoms with E-state index in [1.54, 1.807) is 6.20 Å². The highest BCUT2D eigenvalue weighted by molar-refractivity contribution is 5.82. The van der Waals surface area contributed by atoms with Crippen LogP contribution in [-0.2, 0) is 0 Å². The Morgan fingerprint density at radius 3 is 2.48 bits per heavy atom. The first-order chi connectivity index (χ1) is 10.1. The van der Waals surface area contributed by atoms with Crippen LogP contribution < -0.4 is 0 Å². The van der Waals surface area contributed by atoms with Gasteiger partial charge in [0, 0.05) is 17.1 Å². The maximum absolute atomic E-state index is 11.1. The summed E-state index contributed by atoms with van der Waals surface area (Å²) >= 11 is 0. The summed E-state index contributed by atoms with van der Waals surface area (Å²) in [7, 11) is 0. The van der Waals surface area contributed by atoms with Crippen LogP contribution in [0.15, 0.2) is 36.5 Å². The molecule has 2 unspecified atom stereocenters. The van der Waals surface area contributed by atoms with Gasteiger partial charge < -0.3 is 5.11 Å². The quantitative estimate of drug-likeness (QED) is 0.878. The zero-order valence-electron chi connectivity index (χ0n) is 13.5. The summed E-state index contributed by atoms with van der Waals surface area (Å²) in [6, 6.07) is 9.96. The minimum Gasteiger partial charge on any atom is -0.386 e. The summed E-state index contributed by atoms with van der Waals surface area (Å²) in [5, 5.41) is 12.1. The second-order valence-corrected chi connectivity index (χ2v) is 5.70. The monoisotopic (exact) mass is 286 g/mol. The predicted molar refractivity (Wildman–Crippen MR) is 88.3 cm³/mol. The minimum absolute atomic E-state index is 0.270. The van der Waals surface area contributed by atoms with Crippen molar-refractivity contribution in [3.8, 4) is 0 Å². The Morgan fingerprint density at radius 1 is 1.14 bits per heavy atom. The lowest BCUT2D eigenvalue weighted by atomic mass is 9.83. The molecule has 0 aliphatic heterocycles. The van der Waals surface area contributed by atoms with Crippen molar-refractivity contribution in [1.82, 2.24) is 9.88 Å². The Balaban J connectivity index is 2.52. The van der Waals surface area contributed by atoms with E-state index in [0.717, 1.165) is 36.0 Å². The number of nitrogens with zero attached hydrogens (tertiary/aromatic N) is 2. The smallest absolute Gasteiger partial charge is 0.0977 e. The highest BCUT2D eigenvalue weighted by atomic mass is 16.3. The van der Waals surface area contributed by atoms with Crippen molar-refractivity contribution in [2.45, 2.75) is 45.8 Å². The van der Waals surface area contributed by atoms with Gasteiger partial charge in [-0.15, -0.1) is 0 Å². The van der Waals surface area contributed by atoms with Crippen molar-refractivity contribution in [3.05, 3.63) is 42.1 Å². The normalized spacial score (nSPS) is 16.1. The molecule has 0 aliphatic rings. The van der Waals surface area contributed by atoms with Crippen LogP contribution in [0.1, 0.15) is 45.8 Å². The Labute approximate surface area is 127 Å². The largest absolute Gasteiger partial charge is 0.386 e. The Bertz CT molecular complexity index is 589. The molecule has 0 aliphatic carbocycles. The van der Waals surface area contributed by atoms with Gasteiger partial charge in [-0.1, -0.05) is 39.0 Å². The molecule has 0 bridgehead atoms. The number of fused-ring (bicyclic) bond motifs is 1.